The van der Waals surface area contributed by atoms with Crippen molar-refractivity contribution in [2.24, 2.45) is 0 Å². The maximum atomic E-state index is 6.12. The number of nitrogen functional groups attached to an aromatic ring is 1. The average molecular weight is 299 g/mol. The van der Waals surface area contributed by atoms with Gasteiger partial charge in [0.15, 0.2) is 0 Å². The van der Waals surface area contributed by atoms with Crippen molar-refractivity contribution >= 4 is 21.7 Å². The zero-order valence-corrected chi connectivity index (χ0v) is 11.9. The minimum absolute atomic E-state index is 0.480. The van der Waals surface area contributed by atoms with Crippen LogP contribution < -0.4 is 5.73 Å². The van der Waals surface area contributed by atoms with Crippen LogP contribution in [0.15, 0.2) is 4.47 Å². The van der Waals surface area contributed by atoms with E-state index in [1.807, 2.05) is 11.6 Å². The molecule has 0 saturated carbocycles. The van der Waals surface area contributed by atoms with Crippen molar-refractivity contribution in [3.8, 4) is 0 Å². The van der Waals surface area contributed by atoms with Gasteiger partial charge in [0, 0.05) is 12.1 Å². The normalized spacial score (nSPS) is 33.2. The summed E-state index contributed by atoms with van der Waals surface area (Å²) in [5.74, 6) is 0.788. The minimum Gasteiger partial charge on any atom is -0.383 e. The van der Waals surface area contributed by atoms with Crippen LogP contribution >= 0.6 is 15.9 Å². The molecule has 2 fully saturated rings. The van der Waals surface area contributed by atoms with Gasteiger partial charge in [0.2, 0.25) is 0 Å². The van der Waals surface area contributed by atoms with Crippen LogP contribution in [0.4, 0.5) is 5.82 Å². The second kappa shape index (κ2) is 3.99. The van der Waals surface area contributed by atoms with Crippen molar-refractivity contribution in [3.63, 3.8) is 0 Å². The SMILES string of the molecule is Cc1nn(C2CC3CCC(C2)N3C)c(N)c1Br. The fourth-order valence-electron chi connectivity index (χ4n) is 3.41. The summed E-state index contributed by atoms with van der Waals surface area (Å²) < 4.78 is 3.00. The van der Waals surface area contributed by atoms with Gasteiger partial charge in [-0.05, 0) is 55.6 Å². The molecule has 0 aromatic carbocycles. The molecule has 94 valence electrons. The summed E-state index contributed by atoms with van der Waals surface area (Å²) in [6.07, 6.45) is 5.04. The number of fused-ring (bicyclic) bond motifs is 2. The molecule has 1 aromatic rings. The third-order valence-corrected chi connectivity index (χ3v) is 5.45. The second-order valence-electron chi connectivity index (χ2n) is 5.40. The van der Waals surface area contributed by atoms with Crippen LogP contribution in [0.5, 0.6) is 0 Å². The number of piperidine rings is 1. The number of hydrogen-bond acceptors (Lipinski definition) is 3. The first kappa shape index (κ1) is 11.5. The molecule has 0 amide bonds. The van der Waals surface area contributed by atoms with Crippen LogP contribution in [0, 0.1) is 6.92 Å². The number of nitrogens with zero attached hydrogens (tertiary/aromatic N) is 3. The Hall–Kier alpha value is -0.550. The summed E-state index contributed by atoms with van der Waals surface area (Å²) in [7, 11) is 2.26. The van der Waals surface area contributed by atoms with Gasteiger partial charge in [-0.1, -0.05) is 0 Å². The summed E-state index contributed by atoms with van der Waals surface area (Å²) in [4.78, 5) is 2.54. The van der Waals surface area contributed by atoms with E-state index in [-0.39, 0.29) is 0 Å². The van der Waals surface area contributed by atoms with Crippen molar-refractivity contribution in [1.29, 1.82) is 0 Å². The van der Waals surface area contributed by atoms with E-state index in [9.17, 15) is 0 Å². The van der Waals surface area contributed by atoms with Gasteiger partial charge in [0.05, 0.1) is 16.2 Å². The van der Waals surface area contributed by atoms with Gasteiger partial charge in [-0.25, -0.2) is 4.68 Å². The van der Waals surface area contributed by atoms with Gasteiger partial charge in [0.1, 0.15) is 5.82 Å². The topological polar surface area (TPSA) is 47.1 Å². The van der Waals surface area contributed by atoms with Crippen molar-refractivity contribution in [1.82, 2.24) is 14.7 Å². The maximum absolute atomic E-state index is 6.12. The van der Waals surface area contributed by atoms with Crippen molar-refractivity contribution < 1.29 is 0 Å². The molecule has 3 rings (SSSR count). The monoisotopic (exact) mass is 298 g/mol. The molecule has 0 radical (unpaired) electrons. The lowest BCUT2D eigenvalue weighted by Gasteiger charge is -2.36. The fourth-order valence-corrected chi connectivity index (χ4v) is 3.67. The molecular formula is C12H19BrN4. The molecule has 0 aliphatic carbocycles. The first-order valence-corrected chi connectivity index (χ1v) is 7.09. The van der Waals surface area contributed by atoms with Crippen LogP contribution in [0.2, 0.25) is 0 Å². The summed E-state index contributed by atoms with van der Waals surface area (Å²) in [6, 6.07) is 1.93. The number of halogens is 1. The van der Waals surface area contributed by atoms with Crippen LogP contribution in [0.3, 0.4) is 0 Å². The molecule has 2 N–H and O–H groups in total. The Morgan fingerprint density at radius 2 is 1.82 bits per heavy atom. The van der Waals surface area contributed by atoms with Crippen molar-refractivity contribution in [2.45, 2.75) is 50.7 Å². The highest BCUT2D eigenvalue weighted by molar-refractivity contribution is 9.10. The predicted molar refractivity (Wildman–Crippen MR) is 71.9 cm³/mol. The highest BCUT2D eigenvalue weighted by atomic mass is 79.9. The summed E-state index contributed by atoms with van der Waals surface area (Å²) in [6.45, 7) is 2.00. The number of nitrogens with two attached hydrogens (primary N) is 1. The van der Waals surface area contributed by atoms with E-state index in [0.29, 0.717) is 6.04 Å². The third-order valence-electron chi connectivity index (χ3n) is 4.47. The van der Waals surface area contributed by atoms with Crippen LogP contribution in [-0.4, -0.2) is 33.8 Å². The van der Waals surface area contributed by atoms with Gasteiger partial charge in [-0.15, -0.1) is 0 Å². The Balaban J connectivity index is 1.89. The van der Waals surface area contributed by atoms with E-state index in [0.717, 1.165) is 28.1 Å². The first-order valence-electron chi connectivity index (χ1n) is 6.30. The highest BCUT2D eigenvalue weighted by Crippen LogP contribution is 2.41. The molecule has 17 heavy (non-hydrogen) atoms. The molecule has 2 bridgehead atoms. The van der Waals surface area contributed by atoms with Crippen LogP contribution in [-0.2, 0) is 0 Å². The Kier molecular flexibility index (Phi) is 2.70. The lowest BCUT2D eigenvalue weighted by molar-refractivity contribution is 0.132. The lowest BCUT2D eigenvalue weighted by Crippen LogP contribution is -2.40. The average Bonchev–Trinajstić information content (AvgIpc) is 2.69. The van der Waals surface area contributed by atoms with Crippen molar-refractivity contribution in [2.75, 3.05) is 12.8 Å². The number of aryl methyl sites for hydroxylation is 1. The van der Waals surface area contributed by atoms with Gasteiger partial charge in [0.25, 0.3) is 0 Å². The smallest absolute Gasteiger partial charge is 0.136 e. The standard InChI is InChI=1S/C12H19BrN4/c1-7-11(13)12(14)17(15-7)10-5-8-3-4-9(6-10)16(8)2/h8-10H,3-6,14H2,1-2H3. The van der Waals surface area contributed by atoms with Gasteiger partial charge < -0.3 is 10.6 Å². The quantitative estimate of drug-likeness (QED) is 0.866. The molecule has 4 nitrogen and oxygen atoms in total. The Morgan fingerprint density at radius 3 is 2.29 bits per heavy atom. The van der Waals surface area contributed by atoms with Crippen LogP contribution in [0.25, 0.3) is 0 Å². The molecule has 0 spiro atoms. The molecule has 2 unspecified atom stereocenters. The number of rotatable bonds is 1. The zero-order valence-electron chi connectivity index (χ0n) is 10.4. The minimum atomic E-state index is 0.480. The van der Waals surface area contributed by atoms with E-state index < -0.39 is 0 Å². The Morgan fingerprint density at radius 1 is 1.24 bits per heavy atom. The Bertz CT molecular complexity index is 428. The molecule has 2 atom stereocenters. The predicted octanol–water partition coefficient (Wildman–Crippen LogP) is 2.33. The third kappa shape index (κ3) is 1.71. The van der Waals surface area contributed by atoms with Gasteiger partial charge >= 0.3 is 0 Å². The highest BCUT2D eigenvalue weighted by Gasteiger charge is 2.39. The lowest BCUT2D eigenvalue weighted by atomic mass is 9.98. The van der Waals surface area contributed by atoms with Crippen LogP contribution in [0.1, 0.15) is 37.4 Å². The first-order chi connectivity index (χ1) is 8.08. The van der Waals surface area contributed by atoms with E-state index >= 15 is 0 Å². The number of aromatic nitrogens is 2. The summed E-state index contributed by atoms with van der Waals surface area (Å²) in [5, 5.41) is 4.58. The largest absolute Gasteiger partial charge is 0.383 e. The van der Waals surface area contributed by atoms with Gasteiger partial charge in [-0.2, -0.15) is 5.10 Å². The molecule has 2 aliphatic heterocycles. The zero-order chi connectivity index (χ0) is 12.2. The molecule has 5 heteroatoms. The molecular weight excluding hydrogens is 280 g/mol. The van der Waals surface area contributed by atoms with Gasteiger partial charge in [-0.3, -0.25) is 0 Å². The molecule has 1 aromatic heterocycles. The summed E-state index contributed by atoms with van der Waals surface area (Å²) in [5.41, 5.74) is 7.11. The van der Waals surface area contributed by atoms with E-state index in [1.165, 1.54) is 25.7 Å². The maximum Gasteiger partial charge on any atom is 0.136 e. The summed E-state index contributed by atoms with van der Waals surface area (Å²) >= 11 is 3.51. The number of hydrogen-bond donors (Lipinski definition) is 1. The van der Waals surface area contributed by atoms with E-state index in [2.05, 4.69) is 33.0 Å². The fraction of sp³-hybridized carbons (Fsp3) is 0.750. The van der Waals surface area contributed by atoms with E-state index in [4.69, 9.17) is 5.73 Å². The van der Waals surface area contributed by atoms with Crippen molar-refractivity contribution in [3.05, 3.63) is 10.2 Å². The molecule has 2 aliphatic rings. The Labute approximate surface area is 110 Å². The second-order valence-corrected chi connectivity index (χ2v) is 6.20. The number of anilines is 1. The van der Waals surface area contributed by atoms with E-state index in [1.54, 1.807) is 0 Å². The molecule has 3 heterocycles. The molecule has 2 saturated heterocycles.